The van der Waals surface area contributed by atoms with Crippen molar-refractivity contribution >= 4 is 34.5 Å². The van der Waals surface area contributed by atoms with E-state index in [1.807, 2.05) is 0 Å². The fourth-order valence-corrected chi connectivity index (χ4v) is 2.67. The molecule has 0 aromatic heterocycles. The Morgan fingerprint density at radius 2 is 2.29 bits per heavy atom. The number of amidine groups is 1. The van der Waals surface area contributed by atoms with Crippen LogP contribution >= 0.6 is 11.8 Å². The zero-order chi connectivity index (χ0) is 15.4. The van der Waals surface area contributed by atoms with Crippen molar-refractivity contribution in [2.24, 2.45) is 4.99 Å². The Kier molecular flexibility index (Phi) is 4.95. The average molecular weight is 310 g/mol. The standard InChI is InChI=1S/C14H15FN2O3S/c1-3-20-13(19)6-9-4-5-10(7-11(9)15)16-14-17(2)12(18)8-21-14/h4-5,7H,3,6,8H2,1-2H3. The van der Waals surface area contributed by atoms with E-state index in [-0.39, 0.29) is 24.5 Å². The lowest BCUT2D eigenvalue weighted by Crippen LogP contribution is -2.24. The van der Waals surface area contributed by atoms with E-state index in [0.717, 1.165) is 0 Å². The molecule has 5 nitrogen and oxygen atoms in total. The fourth-order valence-electron chi connectivity index (χ4n) is 1.76. The highest BCUT2D eigenvalue weighted by atomic mass is 32.2. The third kappa shape index (κ3) is 3.81. The zero-order valence-corrected chi connectivity index (χ0v) is 12.6. The van der Waals surface area contributed by atoms with Crippen LogP contribution in [0.5, 0.6) is 0 Å². The van der Waals surface area contributed by atoms with Crippen LogP contribution in [-0.2, 0) is 20.7 Å². The average Bonchev–Trinajstić information content (AvgIpc) is 2.74. The van der Waals surface area contributed by atoms with Crippen molar-refractivity contribution < 1.29 is 18.7 Å². The molecule has 21 heavy (non-hydrogen) atoms. The van der Waals surface area contributed by atoms with E-state index in [4.69, 9.17) is 4.74 Å². The van der Waals surface area contributed by atoms with Gasteiger partial charge in [0.2, 0.25) is 5.91 Å². The third-order valence-corrected chi connectivity index (χ3v) is 3.90. The molecule has 0 N–H and O–H groups in total. The number of ether oxygens (including phenoxy) is 1. The third-order valence-electron chi connectivity index (χ3n) is 2.89. The lowest BCUT2D eigenvalue weighted by atomic mass is 10.1. The second-order valence-corrected chi connectivity index (χ2v) is 5.34. The first-order valence-electron chi connectivity index (χ1n) is 6.43. The minimum atomic E-state index is -0.512. The summed E-state index contributed by atoms with van der Waals surface area (Å²) in [6.07, 6.45) is -0.107. The van der Waals surface area contributed by atoms with Crippen LogP contribution < -0.4 is 0 Å². The molecule has 1 aliphatic rings. The SMILES string of the molecule is CCOC(=O)Cc1ccc(N=C2SCC(=O)N2C)cc1F. The lowest BCUT2D eigenvalue weighted by Gasteiger charge is -2.08. The Balaban J connectivity index is 2.14. The number of aliphatic imine (C=N–C) groups is 1. The first kappa shape index (κ1) is 15.5. The van der Waals surface area contributed by atoms with Crippen LogP contribution in [0.15, 0.2) is 23.2 Å². The molecule has 7 heteroatoms. The highest BCUT2D eigenvalue weighted by Gasteiger charge is 2.24. The fraction of sp³-hybridized carbons (Fsp3) is 0.357. The number of thioether (sulfide) groups is 1. The Hall–Kier alpha value is -1.89. The summed E-state index contributed by atoms with van der Waals surface area (Å²) in [4.78, 5) is 28.4. The van der Waals surface area contributed by atoms with Gasteiger partial charge in [0.15, 0.2) is 5.17 Å². The molecule has 0 aliphatic carbocycles. The molecule has 1 saturated heterocycles. The molecule has 0 saturated carbocycles. The maximum absolute atomic E-state index is 13.9. The highest BCUT2D eigenvalue weighted by Crippen LogP contribution is 2.24. The number of halogens is 1. The van der Waals surface area contributed by atoms with Gasteiger partial charge in [-0.15, -0.1) is 0 Å². The summed E-state index contributed by atoms with van der Waals surface area (Å²) in [7, 11) is 1.63. The molecule has 1 amide bonds. The zero-order valence-electron chi connectivity index (χ0n) is 11.8. The first-order chi connectivity index (χ1) is 10.0. The maximum atomic E-state index is 13.9. The number of nitrogens with zero attached hydrogens (tertiary/aromatic N) is 2. The lowest BCUT2D eigenvalue weighted by molar-refractivity contribution is -0.142. The van der Waals surface area contributed by atoms with Gasteiger partial charge >= 0.3 is 5.97 Å². The van der Waals surface area contributed by atoms with Crippen LogP contribution in [0.25, 0.3) is 0 Å². The molecule has 0 unspecified atom stereocenters. The molecule has 0 bridgehead atoms. The molecule has 2 rings (SSSR count). The van der Waals surface area contributed by atoms with Crippen LogP contribution in [0.1, 0.15) is 12.5 Å². The quantitative estimate of drug-likeness (QED) is 0.799. The van der Waals surface area contributed by atoms with E-state index in [1.165, 1.54) is 28.8 Å². The van der Waals surface area contributed by atoms with Crippen molar-refractivity contribution in [2.75, 3.05) is 19.4 Å². The van der Waals surface area contributed by atoms with Crippen molar-refractivity contribution in [1.29, 1.82) is 0 Å². The number of hydrogen-bond acceptors (Lipinski definition) is 5. The molecule has 1 fully saturated rings. The summed E-state index contributed by atoms with van der Waals surface area (Å²) in [6, 6.07) is 4.37. The Labute approximate surface area is 126 Å². The van der Waals surface area contributed by atoms with Gasteiger partial charge in [0, 0.05) is 7.05 Å². The van der Waals surface area contributed by atoms with Crippen molar-refractivity contribution in [3.05, 3.63) is 29.6 Å². The predicted octanol–water partition coefficient (Wildman–Crippen LogP) is 2.12. The van der Waals surface area contributed by atoms with E-state index in [0.29, 0.717) is 16.6 Å². The summed E-state index contributed by atoms with van der Waals surface area (Å²) in [5, 5.41) is 0.539. The molecule has 1 aromatic rings. The second-order valence-electron chi connectivity index (χ2n) is 4.39. The van der Waals surface area contributed by atoms with Crippen molar-refractivity contribution in [2.45, 2.75) is 13.3 Å². The number of carbonyl (C=O) groups excluding carboxylic acids is 2. The predicted molar refractivity (Wildman–Crippen MR) is 79.1 cm³/mol. The number of esters is 1. The van der Waals surface area contributed by atoms with E-state index in [9.17, 15) is 14.0 Å². The molecular weight excluding hydrogens is 295 g/mol. The van der Waals surface area contributed by atoms with Gasteiger partial charge in [-0.1, -0.05) is 17.8 Å². The Bertz CT molecular complexity index is 604. The van der Waals surface area contributed by atoms with Gasteiger partial charge < -0.3 is 4.74 Å². The van der Waals surface area contributed by atoms with Gasteiger partial charge in [0.25, 0.3) is 0 Å². The molecule has 0 spiro atoms. The van der Waals surface area contributed by atoms with Gasteiger partial charge in [0.1, 0.15) is 5.82 Å². The maximum Gasteiger partial charge on any atom is 0.310 e. The van der Waals surface area contributed by atoms with Gasteiger partial charge in [0.05, 0.1) is 24.5 Å². The number of rotatable bonds is 4. The normalized spacial score (nSPS) is 16.6. The molecule has 1 aromatic carbocycles. The van der Waals surface area contributed by atoms with Crippen molar-refractivity contribution in [3.63, 3.8) is 0 Å². The summed E-state index contributed by atoms with van der Waals surface area (Å²) in [6.45, 7) is 1.97. The van der Waals surface area contributed by atoms with Crippen LogP contribution in [0.3, 0.4) is 0 Å². The van der Waals surface area contributed by atoms with E-state index < -0.39 is 11.8 Å². The van der Waals surface area contributed by atoms with E-state index in [2.05, 4.69) is 4.99 Å². The Morgan fingerprint density at radius 1 is 1.52 bits per heavy atom. The topological polar surface area (TPSA) is 59.0 Å². The van der Waals surface area contributed by atoms with Gasteiger partial charge in [-0.25, -0.2) is 9.38 Å². The largest absolute Gasteiger partial charge is 0.466 e. The minimum Gasteiger partial charge on any atom is -0.466 e. The number of benzene rings is 1. The van der Waals surface area contributed by atoms with Crippen LogP contribution in [0.4, 0.5) is 10.1 Å². The number of amides is 1. The molecule has 112 valence electrons. The summed E-state index contributed by atoms with van der Waals surface area (Å²) >= 11 is 1.31. The number of carbonyl (C=O) groups is 2. The summed E-state index contributed by atoms with van der Waals surface area (Å²) in [5.74, 6) is -0.661. The van der Waals surface area contributed by atoms with Gasteiger partial charge in [-0.05, 0) is 24.6 Å². The second kappa shape index (κ2) is 6.71. The van der Waals surface area contributed by atoms with Crippen molar-refractivity contribution in [1.82, 2.24) is 4.90 Å². The summed E-state index contributed by atoms with van der Waals surface area (Å²) < 4.78 is 18.7. The van der Waals surface area contributed by atoms with E-state index in [1.54, 1.807) is 20.0 Å². The van der Waals surface area contributed by atoms with E-state index >= 15 is 0 Å². The van der Waals surface area contributed by atoms with Crippen molar-refractivity contribution in [3.8, 4) is 0 Å². The highest BCUT2D eigenvalue weighted by molar-refractivity contribution is 8.15. The van der Waals surface area contributed by atoms with Crippen LogP contribution in [0.2, 0.25) is 0 Å². The molecular formula is C14H15FN2O3S. The summed E-state index contributed by atoms with van der Waals surface area (Å²) in [5.41, 5.74) is 0.671. The minimum absolute atomic E-state index is 0.0295. The smallest absolute Gasteiger partial charge is 0.310 e. The van der Waals surface area contributed by atoms with Crippen LogP contribution in [0, 0.1) is 5.82 Å². The Morgan fingerprint density at radius 3 is 2.86 bits per heavy atom. The molecule has 1 heterocycles. The molecule has 1 aliphatic heterocycles. The van der Waals surface area contributed by atoms with Gasteiger partial charge in [-0.3, -0.25) is 14.5 Å². The molecule has 0 radical (unpaired) electrons. The molecule has 0 atom stereocenters. The van der Waals surface area contributed by atoms with Crippen LogP contribution in [-0.4, -0.2) is 41.4 Å². The monoisotopic (exact) mass is 310 g/mol. The number of hydrogen-bond donors (Lipinski definition) is 0. The first-order valence-corrected chi connectivity index (χ1v) is 7.42. The van der Waals surface area contributed by atoms with Gasteiger partial charge in [-0.2, -0.15) is 0 Å².